The van der Waals surface area contributed by atoms with E-state index in [9.17, 15) is 4.79 Å². The molecular weight excluding hydrogens is 308 g/mol. The molecule has 1 amide bonds. The maximum Gasteiger partial charge on any atom is 0.224 e. The lowest BCUT2D eigenvalue weighted by molar-refractivity contribution is -0.120. The number of anilines is 1. The van der Waals surface area contributed by atoms with Gasteiger partial charge in [-0.1, -0.05) is 41.9 Å². The second-order valence-electron chi connectivity index (χ2n) is 5.42. The molecule has 0 aliphatic heterocycles. The number of amides is 1. The van der Waals surface area contributed by atoms with E-state index in [1.165, 1.54) is 5.69 Å². The number of rotatable bonds is 8. The largest absolute Gasteiger partial charge is 0.372 e. The van der Waals surface area contributed by atoms with E-state index in [4.69, 9.17) is 11.6 Å². The number of hydrogen-bond acceptors (Lipinski definition) is 2. The van der Waals surface area contributed by atoms with Gasteiger partial charge >= 0.3 is 0 Å². The van der Waals surface area contributed by atoms with Crippen LogP contribution in [0.1, 0.15) is 18.9 Å². The van der Waals surface area contributed by atoms with Gasteiger partial charge in [0.25, 0.3) is 0 Å². The van der Waals surface area contributed by atoms with Crippen LogP contribution in [-0.4, -0.2) is 25.5 Å². The summed E-state index contributed by atoms with van der Waals surface area (Å²) < 4.78 is 0. The standard InChI is InChI=1S/C19H23ClN2O/c1-2-22(18-7-4-3-5-8-18)14-6-13-21-19(23)15-16-9-11-17(20)12-10-16/h3-5,7-12H,2,6,13-15H2,1H3,(H,21,23). The third-order valence-corrected chi connectivity index (χ3v) is 3.96. The number of carbonyl (C=O) groups is 1. The van der Waals surface area contributed by atoms with Crippen LogP contribution in [0, 0.1) is 0 Å². The van der Waals surface area contributed by atoms with E-state index in [1.807, 2.05) is 42.5 Å². The molecule has 0 fully saturated rings. The van der Waals surface area contributed by atoms with Crippen molar-refractivity contribution in [2.75, 3.05) is 24.5 Å². The van der Waals surface area contributed by atoms with Crippen LogP contribution in [0.2, 0.25) is 5.02 Å². The van der Waals surface area contributed by atoms with Crippen molar-refractivity contribution in [3.05, 3.63) is 65.2 Å². The van der Waals surface area contributed by atoms with E-state index >= 15 is 0 Å². The Morgan fingerprint density at radius 1 is 1.09 bits per heavy atom. The van der Waals surface area contributed by atoms with Gasteiger partial charge in [0.05, 0.1) is 6.42 Å². The maximum absolute atomic E-state index is 11.9. The van der Waals surface area contributed by atoms with Crippen molar-refractivity contribution in [1.82, 2.24) is 5.32 Å². The molecule has 0 heterocycles. The van der Waals surface area contributed by atoms with E-state index in [0.29, 0.717) is 18.0 Å². The first-order chi connectivity index (χ1) is 11.2. The first kappa shape index (κ1) is 17.4. The van der Waals surface area contributed by atoms with Crippen molar-refractivity contribution in [1.29, 1.82) is 0 Å². The molecule has 0 atom stereocenters. The third-order valence-electron chi connectivity index (χ3n) is 3.71. The molecule has 0 aromatic heterocycles. The molecule has 0 saturated carbocycles. The van der Waals surface area contributed by atoms with Gasteiger partial charge in [-0.25, -0.2) is 0 Å². The van der Waals surface area contributed by atoms with Gasteiger partial charge in [0.15, 0.2) is 0 Å². The average molecular weight is 331 g/mol. The highest BCUT2D eigenvalue weighted by Crippen LogP contribution is 2.13. The minimum atomic E-state index is 0.0510. The highest BCUT2D eigenvalue weighted by molar-refractivity contribution is 6.30. The van der Waals surface area contributed by atoms with Crippen LogP contribution in [0.5, 0.6) is 0 Å². The minimum absolute atomic E-state index is 0.0510. The Labute approximate surface area is 143 Å². The number of halogens is 1. The van der Waals surface area contributed by atoms with E-state index in [0.717, 1.165) is 25.1 Å². The molecular formula is C19H23ClN2O. The van der Waals surface area contributed by atoms with Crippen LogP contribution in [-0.2, 0) is 11.2 Å². The molecule has 2 rings (SSSR count). The van der Waals surface area contributed by atoms with E-state index in [2.05, 4.69) is 29.3 Å². The quantitative estimate of drug-likeness (QED) is 0.744. The Kier molecular flexibility index (Phi) is 6.95. The second-order valence-corrected chi connectivity index (χ2v) is 5.86. The second kappa shape index (κ2) is 9.21. The zero-order valence-electron chi connectivity index (χ0n) is 13.5. The van der Waals surface area contributed by atoms with Gasteiger partial charge in [-0.05, 0) is 43.2 Å². The SMILES string of the molecule is CCN(CCCNC(=O)Cc1ccc(Cl)cc1)c1ccccc1. The van der Waals surface area contributed by atoms with Crippen molar-refractivity contribution < 1.29 is 4.79 Å². The van der Waals surface area contributed by atoms with Crippen molar-refractivity contribution in [2.24, 2.45) is 0 Å². The topological polar surface area (TPSA) is 32.3 Å². The van der Waals surface area contributed by atoms with Crippen LogP contribution in [0.15, 0.2) is 54.6 Å². The first-order valence-electron chi connectivity index (χ1n) is 8.00. The fraction of sp³-hybridized carbons (Fsp3) is 0.316. The molecule has 0 aliphatic rings. The molecule has 4 heteroatoms. The zero-order valence-corrected chi connectivity index (χ0v) is 14.2. The monoisotopic (exact) mass is 330 g/mol. The summed E-state index contributed by atoms with van der Waals surface area (Å²) in [5, 5.41) is 3.67. The van der Waals surface area contributed by atoms with Gasteiger partial charge in [-0.3, -0.25) is 4.79 Å². The average Bonchev–Trinajstić information content (AvgIpc) is 2.58. The predicted octanol–water partition coefficient (Wildman–Crippen LogP) is 3.92. The molecule has 0 radical (unpaired) electrons. The van der Waals surface area contributed by atoms with Gasteiger partial charge in [0.1, 0.15) is 0 Å². The lowest BCUT2D eigenvalue weighted by atomic mass is 10.1. The van der Waals surface area contributed by atoms with Crippen molar-refractivity contribution >= 4 is 23.2 Å². The molecule has 122 valence electrons. The molecule has 1 N–H and O–H groups in total. The summed E-state index contributed by atoms with van der Waals surface area (Å²) in [7, 11) is 0. The fourth-order valence-electron chi connectivity index (χ4n) is 2.46. The maximum atomic E-state index is 11.9. The summed E-state index contributed by atoms with van der Waals surface area (Å²) in [5.41, 5.74) is 2.20. The fourth-order valence-corrected chi connectivity index (χ4v) is 2.58. The number of para-hydroxylation sites is 1. The third kappa shape index (κ3) is 5.95. The van der Waals surface area contributed by atoms with E-state index < -0.39 is 0 Å². The molecule has 0 unspecified atom stereocenters. The van der Waals surface area contributed by atoms with Crippen molar-refractivity contribution in [3.63, 3.8) is 0 Å². The van der Waals surface area contributed by atoms with Crippen molar-refractivity contribution in [2.45, 2.75) is 19.8 Å². The Bertz CT molecular complexity index is 599. The van der Waals surface area contributed by atoms with Crippen LogP contribution in [0.3, 0.4) is 0 Å². The summed E-state index contributed by atoms with van der Waals surface area (Å²) in [4.78, 5) is 14.2. The summed E-state index contributed by atoms with van der Waals surface area (Å²) in [6.45, 7) is 4.73. The van der Waals surface area contributed by atoms with Crippen LogP contribution in [0.25, 0.3) is 0 Å². The molecule has 0 saturated heterocycles. The number of nitrogens with zero attached hydrogens (tertiary/aromatic N) is 1. The van der Waals surface area contributed by atoms with Gasteiger partial charge in [-0.15, -0.1) is 0 Å². The predicted molar refractivity (Wildman–Crippen MR) is 97.1 cm³/mol. The summed E-state index contributed by atoms with van der Waals surface area (Å²) in [6.07, 6.45) is 1.32. The summed E-state index contributed by atoms with van der Waals surface area (Å²) in [6, 6.07) is 17.7. The number of hydrogen-bond donors (Lipinski definition) is 1. The molecule has 0 aliphatic carbocycles. The number of benzene rings is 2. The Balaban J connectivity index is 1.70. The molecule has 3 nitrogen and oxygen atoms in total. The van der Waals surface area contributed by atoms with Crippen LogP contribution in [0.4, 0.5) is 5.69 Å². The molecule has 2 aromatic rings. The lowest BCUT2D eigenvalue weighted by Gasteiger charge is -2.23. The van der Waals surface area contributed by atoms with Gasteiger partial charge < -0.3 is 10.2 Å². The molecule has 0 bridgehead atoms. The highest BCUT2D eigenvalue weighted by Gasteiger charge is 2.05. The van der Waals surface area contributed by atoms with Crippen LogP contribution >= 0.6 is 11.6 Å². The smallest absolute Gasteiger partial charge is 0.224 e. The molecule has 2 aromatic carbocycles. The molecule has 0 spiro atoms. The highest BCUT2D eigenvalue weighted by atomic mass is 35.5. The normalized spacial score (nSPS) is 10.3. The Morgan fingerprint density at radius 3 is 2.43 bits per heavy atom. The van der Waals surface area contributed by atoms with Crippen LogP contribution < -0.4 is 10.2 Å². The molecule has 23 heavy (non-hydrogen) atoms. The summed E-state index contributed by atoms with van der Waals surface area (Å²) in [5.74, 6) is 0.0510. The number of carbonyl (C=O) groups excluding carboxylic acids is 1. The summed E-state index contributed by atoms with van der Waals surface area (Å²) >= 11 is 5.84. The Hall–Kier alpha value is -2.00. The van der Waals surface area contributed by atoms with E-state index in [-0.39, 0.29) is 5.91 Å². The van der Waals surface area contributed by atoms with Gasteiger partial charge in [0, 0.05) is 30.3 Å². The Morgan fingerprint density at radius 2 is 1.78 bits per heavy atom. The lowest BCUT2D eigenvalue weighted by Crippen LogP contribution is -2.30. The minimum Gasteiger partial charge on any atom is -0.372 e. The zero-order chi connectivity index (χ0) is 16.5. The van der Waals surface area contributed by atoms with Gasteiger partial charge in [-0.2, -0.15) is 0 Å². The van der Waals surface area contributed by atoms with Crippen molar-refractivity contribution in [3.8, 4) is 0 Å². The first-order valence-corrected chi connectivity index (χ1v) is 8.38. The number of nitrogens with one attached hydrogen (secondary N) is 1. The van der Waals surface area contributed by atoms with E-state index in [1.54, 1.807) is 0 Å². The van der Waals surface area contributed by atoms with Gasteiger partial charge in [0.2, 0.25) is 5.91 Å².